The Balaban J connectivity index is 2.40. The molecule has 0 bridgehead atoms. The van der Waals surface area contributed by atoms with Gasteiger partial charge in [-0.2, -0.15) is 0 Å². The highest BCUT2D eigenvalue weighted by Crippen LogP contribution is 2.30. The maximum Gasteiger partial charge on any atom is 0.339 e. The van der Waals surface area contributed by atoms with Crippen molar-refractivity contribution in [2.45, 2.75) is 0 Å². The molecular weight excluding hydrogens is 256 g/mol. The van der Waals surface area contributed by atoms with Gasteiger partial charge in [0.15, 0.2) is 0 Å². The van der Waals surface area contributed by atoms with Crippen LogP contribution in [0.5, 0.6) is 11.5 Å². The summed E-state index contributed by atoms with van der Waals surface area (Å²) >= 11 is 0. The molecule has 0 aliphatic rings. The van der Waals surface area contributed by atoms with E-state index in [1.807, 2.05) is 18.2 Å². The normalized spacial score (nSPS) is 10.9. The van der Waals surface area contributed by atoms with Crippen LogP contribution in [0.1, 0.15) is 5.56 Å². The van der Waals surface area contributed by atoms with Crippen LogP contribution >= 0.6 is 0 Å². The van der Waals surface area contributed by atoms with Crippen LogP contribution < -0.4 is 4.74 Å². The first-order valence-corrected chi connectivity index (χ1v) is 6.01. The number of aliphatic carboxylic acids is 1. The predicted molar refractivity (Wildman–Crippen MR) is 75.6 cm³/mol. The summed E-state index contributed by atoms with van der Waals surface area (Å²) in [6.07, 6.45) is 1.19. The maximum atomic E-state index is 11.3. The first-order valence-electron chi connectivity index (χ1n) is 6.01. The second-order valence-corrected chi connectivity index (χ2v) is 3.98. The van der Waals surface area contributed by atoms with Crippen LogP contribution in [0.15, 0.2) is 60.9 Å². The largest absolute Gasteiger partial charge is 0.503 e. The molecule has 0 atom stereocenters. The molecule has 0 fully saturated rings. The van der Waals surface area contributed by atoms with Crippen molar-refractivity contribution in [1.29, 1.82) is 0 Å². The molecule has 0 saturated heterocycles. The molecule has 4 nitrogen and oxygen atoms in total. The Morgan fingerprint density at radius 1 is 1.05 bits per heavy atom. The number of carbonyl (C=O) groups is 1. The van der Waals surface area contributed by atoms with E-state index in [4.69, 9.17) is 9.47 Å². The van der Waals surface area contributed by atoms with Crippen LogP contribution in [0.4, 0.5) is 0 Å². The molecule has 0 amide bonds. The van der Waals surface area contributed by atoms with Gasteiger partial charge in [0.2, 0.25) is 0 Å². The molecule has 1 N–H and O–H groups in total. The smallest absolute Gasteiger partial charge is 0.339 e. The molecule has 20 heavy (non-hydrogen) atoms. The Morgan fingerprint density at radius 3 is 2.35 bits per heavy atom. The summed E-state index contributed by atoms with van der Waals surface area (Å²) in [4.78, 5) is 11.3. The second kappa shape index (κ2) is 6.43. The SMILES string of the molecule is COC=C(C(=O)O)c1ccccc1Oc1ccccc1. The Bertz CT molecular complexity index is 617. The van der Waals surface area contributed by atoms with Crippen molar-refractivity contribution in [3.63, 3.8) is 0 Å². The molecule has 0 aromatic heterocycles. The van der Waals surface area contributed by atoms with Gasteiger partial charge < -0.3 is 14.6 Å². The van der Waals surface area contributed by atoms with Crippen LogP contribution in [-0.4, -0.2) is 18.2 Å². The number of hydrogen-bond donors (Lipinski definition) is 1. The van der Waals surface area contributed by atoms with Gasteiger partial charge >= 0.3 is 5.97 Å². The Hall–Kier alpha value is -2.75. The topological polar surface area (TPSA) is 55.8 Å². The van der Waals surface area contributed by atoms with Gasteiger partial charge in [-0.25, -0.2) is 4.79 Å². The van der Waals surface area contributed by atoms with E-state index in [0.29, 0.717) is 17.1 Å². The molecule has 0 radical (unpaired) electrons. The third-order valence-corrected chi connectivity index (χ3v) is 2.61. The van der Waals surface area contributed by atoms with Crippen molar-refractivity contribution in [3.05, 3.63) is 66.4 Å². The lowest BCUT2D eigenvalue weighted by Gasteiger charge is -2.11. The molecule has 0 aliphatic carbocycles. The standard InChI is InChI=1S/C16H14O4/c1-19-11-14(16(17)18)13-9-5-6-10-15(13)20-12-7-3-2-4-8-12/h2-11H,1H3,(H,17,18). The van der Waals surface area contributed by atoms with E-state index in [2.05, 4.69) is 0 Å². The van der Waals surface area contributed by atoms with Crippen LogP contribution in [0, 0.1) is 0 Å². The van der Waals surface area contributed by atoms with Crippen molar-refractivity contribution >= 4 is 11.5 Å². The van der Waals surface area contributed by atoms with Crippen molar-refractivity contribution in [2.24, 2.45) is 0 Å². The van der Waals surface area contributed by atoms with Crippen LogP contribution in [0.2, 0.25) is 0 Å². The lowest BCUT2D eigenvalue weighted by atomic mass is 10.1. The summed E-state index contributed by atoms with van der Waals surface area (Å²) in [5.74, 6) is 0.0301. The Labute approximate surface area is 116 Å². The molecule has 0 heterocycles. The quantitative estimate of drug-likeness (QED) is 0.666. The van der Waals surface area contributed by atoms with E-state index < -0.39 is 5.97 Å². The molecular formula is C16H14O4. The van der Waals surface area contributed by atoms with Gasteiger partial charge in [0.1, 0.15) is 17.1 Å². The van der Waals surface area contributed by atoms with Crippen molar-refractivity contribution in [2.75, 3.05) is 7.11 Å². The third kappa shape index (κ3) is 3.17. The zero-order valence-corrected chi connectivity index (χ0v) is 10.9. The fraction of sp³-hybridized carbons (Fsp3) is 0.0625. The molecule has 4 heteroatoms. The molecule has 0 spiro atoms. The summed E-state index contributed by atoms with van der Waals surface area (Å²) in [7, 11) is 1.41. The molecule has 2 aromatic carbocycles. The number of carboxylic acids is 1. The Kier molecular flexibility index (Phi) is 4.39. The van der Waals surface area contributed by atoms with Gasteiger partial charge in [0, 0.05) is 5.56 Å². The fourth-order valence-electron chi connectivity index (χ4n) is 1.74. The Morgan fingerprint density at radius 2 is 1.70 bits per heavy atom. The van der Waals surface area contributed by atoms with E-state index in [-0.39, 0.29) is 5.57 Å². The predicted octanol–water partition coefficient (Wildman–Crippen LogP) is 3.55. The van der Waals surface area contributed by atoms with Gasteiger partial charge in [0.05, 0.1) is 13.4 Å². The number of rotatable bonds is 5. The maximum absolute atomic E-state index is 11.3. The van der Waals surface area contributed by atoms with Crippen molar-refractivity contribution in [1.82, 2.24) is 0 Å². The molecule has 0 unspecified atom stereocenters. The number of methoxy groups -OCH3 is 1. The number of carboxylic acid groups (broad SMARTS) is 1. The summed E-state index contributed by atoms with van der Waals surface area (Å²) in [6, 6.07) is 16.1. The number of hydrogen-bond acceptors (Lipinski definition) is 3. The van der Waals surface area contributed by atoms with E-state index in [1.54, 1.807) is 36.4 Å². The molecule has 0 aliphatic heterocycles. The van der Waals surface area contributed by atoms with Gasteiger partial charge in [-0.1, -0.05) is 36.4 Å². The first kappa shape index (κ1) is 13.7. The minimum atomic E-state index is -1.07. The summed E-state index contributed by atoms with van der Waals surface area (Å²) < 4.78 is 10.6. The average molecular weight is 270 g/mol. The van der Waals surface area contributed by atoms with Crippen LogP contribution in [-0.2, 0) is 9.53 Å². The zero-order valence-electron chi connectivity index (χ0n) is 10.9. The lowest BCUT2D eigenvalue weighted by molar-refractivity contribution is -0.130. The second-order valence-electron chi connectivity index (χ2n) is 3.98. The summed E-state index contributed by atoms with van der Waals surface area (Å²) in [5, 5.41) is 9.24. The number of ether oxygens (including phenoxy) is 2. The van der Waals surface area contributed by atoms with Crippen molar-refractivity contribution < 1.29 is 19.4 Å². The van der Waals surface area contributed by atoms with Gasteiger partial charge in [-0.15, -0.1) is 0 Å². The zero-order chi connectivity index (χ0) is 14.4. The van der Waals surface area contributed by atoms with E-state index in [1.165, 1.54) is 13.4 Å². The average Bonchev–Trinajstić information content (AvgIpc) is 2.46. The van der Waals surface area contributed by atoms with E-state index >= 15 is 0 Å². The minimum absolute atomic E-state index is 0.0408. The number of benzene rings is 2. The van der Waals surface area contributed by atoms with E-state index in [9.17, 15) is 9.90 Å². The fourth-order valence-corrected chi connectivity index (χ4v) is 1.74. The van der Waals surface area contributed by atoms with Crippen molar-refractivity contribution in [3.8, 4) is 11.5 Å². The molecule has 0 saturated carbocycles. The highest BCUT2D eigenvalue weighted by atomic mass is 16.5. The van der Waals surface area contributed by atoms with Gasteiger partial charge in [-0.3, -0.25) is 0 Å². The number of para-hydroxylation sites is 2. The van der Waals surface area contributed by atoms with Gasteiger partial charge in [-0.05, 0) is 18.2 Å². The summed E-state index contributed by atoms with van der Waals surface area (Å²) in [6.45, 7) is 0. The summed E-state index contributed by atoms with van der Waals surface area (Å²) in [5.41, 5.74) is 0.504. The van der Waals surface area contributed by atoms with E-state index in [0.717, 1.165) is 0 Å². The third-order valence-electron chi connectivity index (χ3n) is 2.61. The van der Waals surface area contributed by atoms with Crippen LogP contribution in [0.3, 0.4) is 0 Å². The molecule has 102 valence electrons. The molecule has 2 rings (SSSR count). The lowest BCUT2D eigenvalue weighted by Crippen LogP contribution is -2.02. The molecule has 2 aromatic rings. The highest BCUT2D eigenvalue weighted by molar-refractivity contribution is 6.15. The minimum Gasteiger partial charge on any atom is -0.503 e. The first-order chi connectivity index (χ1) is 9.72. The van der Waals surface area contributed by atoms with Crippen LogP contribution in [0.25, 0.3) is 5.57 Å². The van der Waals surface area contributed by atoms with Gasteiger partial charge in [0.25, 0.3) is 0 Å². The monoisotopic (exact) mass is 270 g/mol. The highest BCUT2D eigenvalue weighted by Gasteiger charge is 2.16.